The van der Waals surface area contributed by atoms with Gasteiger partial charge in [0, 0.05) is 32.6 Å². The molecule has 3 N–H and O–H groups in total. The Bertz CT molecular complexity index is 272. The first kappa shape index (κ1) is 19.1. The number of amides is 1. The van der Waals surface area contributed by atoms with Gasteiger partial charge in [0.05, 0.1) is 0 Å². The van der Waals surface area contributed by atoms with E-state index < -0.39 is 0 Å². The van der Waals surface area contributed by atoms with Crippen LogP contribution >= 0.6 is 11.8 Å². The van der Waals surface area contributed by atoms with Crippen LogP contribution in [0, 0.1) is 0 Å². The molecule has 20 heavy (non-hydrogen) atoms. The van der Waals surface area contributed by atoms with Gasteiger partial charge >= 0.3 is 0 Å². The number of hydrogen-bond acceptors (Lipinski definition) is 3. The summed E-state index contributed by atoms with van der Waals surface area (Å²) < 4.78 is 0. The van der Waals surface area contributed by atoms with Crippen LogP contribution in [0.1, 0.15) is 39.5 Å². The molecular formula is C14H30N4OS. The SMILES string of the molecule is CCCNC(=O)CCNC(=NCCCCSC)NCC. The maximum absolute atomic E-state index is 11.5. The molecule has 0 aromatic rings. The quantitative estimate of drug-likeness (QED) is 0.308. The monoisotopic (exact) mass is 302 g/mol. The maximum atomic E-state index is 11.5. The van der Waals surface area contributed by atoms with Crippen molar-refractivity contribution in [1.29, 1.82) is 0 Å². The predicted octanol–water partition coefficient (Wildman–Crippen LogP) is 1.60. The second-order valence-corrected chi connectivity index (χ2v) is 5.47. The summed E-state index contributed by atoms with van der Waals surface area (Å²) >= 11 is 1.87. The van der Waals surface area contributed by atoms with E-state index in [1.54, 1.807) is 0 Å². The average molecular weight is 302 g/mol. The summed E-state index contributed by atoms with van der Waals surface area (Å²) in [7, 11) is 0. The molecule has 0 atom stereocenters. The number of nitrogens with one attached hydrogen (secondary N) is 3. The molecule has 0 bridgehead atoms. The van der Waals surface area contributed by atoms with Crippen LogP contribution in [-0.2, 0) is 4.79 Å². The summed E-state index contributed by atoms with van der Waals surface area (Å²) in [4.78, 5) is 16.0. The number of aliphatic imine (C=N–C) groups is 1. The first-order chi connectivity index (χ1) is 9.74. The summed E-state index contributed by atoms with van der Waals surface area (Å²) in [5.41, 5.74) is 0. The number of nitrogens with zero attached hydrogens (tertiary/aromatic N) is 1. The topological polar surface area (TPSA) is 65.5 Å². The molecule has 0 saturated carbocycles. The Morgan fingerprint density at radius 3 is 2.55 bits per heavy atom. The fourth-order valence-electron chi connectivity index (χ4n) is 1.54. The lowest BCUT2D eigenvalue weighted by molar-refractivity contribution is -0.120. The smallest absolute Gasteiger partial charge is 0.221 e. The van der Waals surface area contributed by atoms with E-state index in [4.69, 9.17) is 0 Å². The highest BCUT2D eigenvalue weighted by Gasteiger charge is 2.01. The minimum absolute atomic E-state index is 0.0927. The van der Waals surface area contributed by atoms with Gasteiger partial charge in [-0.25, -0.2) is 0 Å². The van der Waals surface area contributed by atoms with Crippen molar-refractivity contribution in [2.75, 3.05) is 38.2 Å². The fraction of sp³-hybridized carbons (Fsp3) is 0.857. The lowest BCUT2D eigenvalue weighted by atomic mass is 10.3. The maximum Gasteiger partial charge on any atom is 0.221 e. The number of rotatable bonds is 11. The summed E-state index contributed by atoms with van der Waals surface area (Å²) in [5, 5.41) is 9.25. The lowest BCUT2D eigenvalue weighted by Gasteiger charge is -2.11. The largest absolute Gasteiger partial charge is 0.357 e. The van der Waals surface area contributed by atoms with Crippen LogP contribution in [0.15, 0.2) is 4.99 Å². The third kappa shape index (κ3) is 12.1. The van der Waals surface area contributed by atoms with Gasteiger partial charge in [-0.05, 0) is 38.2 Å². The standard InChI is InChI=1S/C14H30N4OS/c1-4-9-16-13(19)8-11-18-14(15-5-2)17-10-6-7-12-20-3/h4-12H2,1-3H3,(H,16,19)(H2,15,17,18). The Morgan fingerprint density at radius 2 is 1.90 bits per heavy atom. The Kier molecular flexibility index (Phi) is 13.8. The predicted molar refractivity (Wildman–Crippen MR) is 89.5 cm³/mol. The summed E-state index contributed by atoms with van der Waals surface area (Å²) in [6, 6.07) is 0. The summed E-state index contributed by atoms with van der Waals surface area (Å²) in [6.45, 7) is 7.12. The first-order valence-electron chi connectivity index (χ1n) is 7.52. The zero-order chi connectivity index (χ0) is 15.1. The van der Waals surface area contributed by atoms with E-state index in [0.29, 0.717) is 13.0 Å². The van der Waals surface area contributed by atoms with E-state index >= 15 is 0 Å². The number of guanidine groups is 1. The van der Waals surface area contributed by atoms with E-state index in [1.807, 2.05) is 25.6 Å². The molecule has 0 radical (unpaired) electrons. The molecule has 0 fully saturated rings. The van der Waals surface area contributed by atoms with Crippen LogP contribution in [0.4, 0.5) is 0 Å². The van der Waals surface area contributed by atoms with Gasteiger partial charge in [-0.1, -0.05) is 6.92 Å². The van der Waals surface area contributed by atoms with Crippen LogP contribution in [0.3, 0.4) is 0 Å². The lowest BCUT2D eigenvalue weighted by Crippen LogP contribution is -2.39. The molecule has 118 valence electrons. The minimum Gasteiger partial charge on any atom is -0.357 e. The number of carbonyl (C=O) groups is 1. The highest BCUT2D eigenvalue weighted by molar-refractivity contribution is 7.98. The molecule has 0 aliphatic carbocycles. The zero-order valence-corrected chi connectivity index (χ0v) is 13.9. The second-order valence-electron chi connectivity index (χ2n) is 4.49. The number of hydrogen-bond donors (Lipinski definition) is 3. The van der Waals surface area contributed by atoms with Crippen molar-refractivity contribution in [3.8, 4) is 0 Å². The highest BCUT2D eigenvalue weighted by Crippen LogP contribution is 1.98. The molecule has 0 rings (SSSR count). The number of carbonyl (C=O) groups excluding carboxylic acids is 1. The van der Waals surface area contributed by atoms with Crippen LogP contribution < -0.4 is 16.0 Å². The van der Waals surface area contributed by atoms with Gasteiger partial charge < -0.3 is 16.0 Å². The van der Waals surface area contributed by atoms with E-state index in [9.17, 15) is 4.79 Å². The normalized spacial score (nSPS) is 11.2. The molecule has 0 spiro atoms. The third-order valence-electron chi connectivity index (χ3n) is 2.59. The first-order valence-corrected chi connectivity index (χ1v) is 8.91. The van der Waals surface area contributed by atoms with Gasteiger partial charge in [0.25, 0.3) is 0 Å². The van der Waals surface area contributed by atoms with Gasteiger partial charge in [0.1, 0.15) is 0 Å². The molecule has 0 aliphatic rings. The molecule has 0 saturated heterocycles. The van der Waals surface area contributed by atoms with Crippen molar-refractivity contribution in [3.05, 3.63) is 0 Å². The molecule has 0 aromatic carbocycles. The van der Waals surface area contributed by atoms with Crippen molar-refractivity contribution >= 4 is 23.6 Å². The number of thioether (sulfide) groups is 1. The molecule has 1 amide bonds. The third-order valence-corrected chi connectivity index (χ3v) is 3.28. The Morgan fingerprint density at radius 1 is 1.10 bits per heavy atom. The van der Waals surface area contributed by atoms with Crippen molar-refractivity contribution in [1.82, 2.24) is 16.0 Å². The van der Waals surface area contributed by atoms with E-state index in [2.05, 4.69) is 27.2 Å². The van der Waals surface area contributed by atoms with Gasteiger partial charge in [0.2, 0.25) is 5.91 Å². The van der Waals surface area contributed by atoms with Crippen molar-refractivity contribution in [2.45, 2.75) is 39.5 Å². The molecule has 0 aromatic heterocycles. The van der Waals surface area contributed by atoms with Crippen molar-refractivity contribution in [3.63, 3.8) is 0 Å². The van der Waals surface area contributed by atoms with Crippen LogP contribution in [0.2, 0.25) is 0 Å². The molecule has 0 aliphatic heterocycles. The summed E-state index contributed by atoms with van der Waals surface area (Å²) in [5.74, 6) is 2.09. The molecule has 6 heteroatoms. The van der Waals surface area contributed by atoms with Crippen molar-refractivity contribution in [2.24, 2.45) is 4.99 Å². The average Bonchev–Trinajstić information content (AvgIpc) is 2.44. The van der Waals surface area contributed by atoms with Gasteiger partial charge in [-0.3, -0.25) is 9.79 Å². The Labute approximate surface area is 127 Å². The Balaban J connectivity index is 3.83. The van der Waals surface area contributed by atoms with E-state index in [-0.39, 0.29) is 5.91 Å². The van der Waals surface area contributed by atoms with E-state index in [1.165, 1.54) is 12.2 Å². The zero-order valence-electron chi connectivity index (χ0n) is 13.1. The van der Waals surface area contributed by atoms with Crippen molar-refractivity contribution < 1.29 is 4.79 Å². The van der Waals surface area contributed by atoms with Gasteiger partial charge in [-0.15, -0.1) is 0 Å². The highest BCUT2D eigenvalue weighted by atomic mass is 32.2. The van der Waals surface area contributed by atoms with Crippen LogP contribution in [0.25, 0.3) is 0 Å². The number of unbranched alkanes of at least 4 members (excludes halogenated alkanes) is 1. The van der Waals surface area contributed by atoms with Gasteiger partial charge in [0.15, 0.2) is 5.96 Å². The molecule has 5 nitrogen and oxygen atoms in total. The van der Waals surface area contributed by atoms with Gasteiger partial charge in [-0.2, -0.15) is 11.8 Å². The van der Waals surface area contributed by atoms with E-state index in [0.717, 1.165) is 38.4 Å². The molecule has 0 unspecified atom stereocenters. The molecular weight excluding hydrogens is 272 g/mol. The molecule has 0 heterocycles. The van der Waals surface area contributed by atoms with Crippen LogP contribution in [0.5, 0.6) is 0 Å². The van der Waals surface area contributed by atoms with Crippen LogP contribution in [-0.4, -0.2) is 50.1 Å². The minimum atomic E-state index is 0.0927. The second kappa shape index (κ2) is 14.5. The summed E-state index contributed by atoms with van der Waals surface area (Å²) in [6.07, 6.45) is 5.88. The fourth-order valence-corrected chi connectivity index (χ4v) is 2.03. The Hall–Kier alpha value is -0.910.